The van der Waals surface area contributed by atoms with Crippen molar-refractivity contribution < 1.29 is 0 Å². The van der Waals surface area contributed by atoms with Crippen LogP contribution in [0.3, 0.4) is 0 Å². The van der Waals surface area contributed by atoms with Crippen molar-refractivity contribution in [1.29, 1.82) is 0 Å². The Balaban J connectivity index is 2.17. The third-order valence-electron chi connectivity index (χ3n) is 4.25. The molecule has 21 heavy (non-hydrogen) atoms. The van der Waals surface area contributed by atoms with E-state index in [0.29, 0.717) is 11.5 Å². The fraction of sp³-hybridized carbons (Fsp3) is 0.706. The van der Waals surface area contributed by atoms with E-state index in [1.165, 1.54) is 24.8 Å². The normalized spacial score (nSPS) is 18.9. The van der Waals surface area contributed by atoms with Crippen molar-refractivity contribution in [3.05, 3.63) is 22.3 Å². The number of aromatic nitrogens is 1. The molecule has 0 atom stereocenters. The molecule has 1 aromatic rings. The molecule has 4 heteroatoms. The molecule has 3 nitrogen and oxygen atoms in total. The first-order valence-corrected chi connectivity index (χ1v) is 8.79. The average molecular weight is 354 g/mol. The monoisotopic (exact) mass is 353 g/mol. The van der Waals surface area contributed by atoms with Crippen molar-refractivity contribution in [2.24, 2.45) is 5.41 Å². The molecule has 1 fully saturated rings. The zero-order chi connectivity index (χ0) is 15.5. The first-order chi connectivity index (χ1) is 9.87. The van der Waals surface area contributed by atoms with Crippen molar-refractivity contribution in [2.75, 3.05) is 18.0 Å². The molecule has 0 aromatic carbocycles. The van der Waals surface area contributed by atoms with E-state index in [-0.39, 0.29) is 0 Å². The first-order valence-electron chi connectivity index (χ1n) is 8.00. The van der Waals surface area contributed by atoms with Crippen LogP contribution in [0, 0.1) is 5.41 Å². The van der Waals surface area contributed by atoms with E-state index in [1.54, 1.807) is 0 Å². The van der Waals surface area contributed by atoms with Gasteiger partial charge in [-0.2, -0.15) is 0 Å². The minimum Gasteiger partial charge on any atom is -0.356 e. The molecule has 1 N–H and O–H groups in total. The van der Waals surface area contributed by atoms with Gasteiger partial charge in [0.1, 0.15) is 5.82 Å². The van der Waals surface area contributed by atoms with E-state index in [1.807, 2.05) is 6.20 Å². The summed E-state index contributed by atoms with van der Waals surface area (Å²) in [6.45, 7) is 12.2. The standard InChI is InChI=1S/C17H28BrN3/c1-13(2)19-11-14-10-15(18)12-20-16(14)21-8-5-6-17(3,4)7-9-21/h10,12-13,19H,5-9,11H2,1-4H3. The third kappa shape index (κ3) is 4.96. The predicted molar refractivity (Wildman–Crippen MR) is 93.8 cm³/mol. The molecule has 0 radical (unpaired) electrons. The number of halogens is 1. The SMILES string of the molecule is CC(C)NCc1cc(Br)cnc1N1CCCC(C)(C)CC1. The minimum absolute atomic E-state index is 0.459. The van der Waals surface area contributed by atoms with E-state index in [9.17, 15) is 0 Å². The van der Waals surface area contributed by atoms with Crippen LogP contribution in [0.25, 0.3) is 0 Å². The summed E-state index contributed by atoms with van der Waals surface area (Å²) in [5, 5.41) is 3.51. The van der Waals surface area contributed by atoms with E-state index < -0.39 is 0 Å². The maximum absolute atomic E-state index is 4.71. The Morgan fingerprint density at radius 3 is 2.81 bits per heavy atom. The highest BCUT2D eigenvalue weighted by atomic mass is 79.9. The smallest absolute Gasteiger partial charge is 0.133 e. The van der Waals surface area contributed by atoms with Gasteiger partial charge in [0.2, 0.25) is 0 Å². The van der Waals surface area contributed by atoms with Gasteiger partial charge < -0.3 is 10.2 Å². The first kappa shape index (κ1) is 16.8. The molecule has 0 unspecified atom stereocenters. The lowest BCUT2D eigenvalue weighted by Gasteiger charge is -2.26. The summed E-state index contributed by atoms with van der Waals surface area (Å²) in [5.74, 6) is 1.16. The number of rotatable bonds is 4. The molecule has 0 spiro atoms. The van der Waals surface area contributed by atoms with Gasteiger partial charge in [0.15, 0.2) is 0 Å². The second kappa shape index (κ2) is 7.10. The number of pyridine rings is 1. The van der Waals surface area contributed by atoms with Crippen LogP contribution in [0.2, 0.25) is 0 Å². The topological polar surface area (TPSA) is 28.2 Å². The number of nitrogens with zero attached hydrogens (tertiary/aromatic N) is 2. The lowest BCUT2D eigenvalue weighted by atomic mass is 9.85. The van der Waals surface area contributed by atoms with Gasteiger partial charge in [-0.1, -0.05) is 27.7 Å². The van der Waals surface area contributed by atoms with Gasteiger partial charge in [0.05, 0.1) is 0 Å². The zero-order valence-corrected chi connectivity index (χ0v) is 15.3. The van der Waals surface area contributed by atoms with Gasteiger partial charge in [-0.05, 0) is 46.7 Å². The highest BCUT2D eigenvalue weighted by Crippen LogP contribution is 2.32. The van der Waals surface area contributed by atoms with Gasteiger partial charge in [-0.15, -0.1) is 0 Å². The fourth-order valence-corrected chi connectivity index (χ4v) is 3.22. The quantitative estimate of drug-likeness (QED) is 0.871. The van der Waals surface area contributed by atoms with E-state index in [0.717, 1.165) is 29.9 Å². The van der Waals surface area contributed by atoms with Crippen LogP contribution in [0.15, 0.2) is 16.7 Å². The Kier molecular flexibility index (Phi) is 5.67. The lowest BCUT2D eigenvalue weighted by Crippen LogP contribution is -2.29. The molecule has 1 aliphatic heterocycles. The number of nitrogens with one attached hydrogen (secondary N) is 1. The summed E-state index contributed by atoms with van der Waals surface area (Å²) < 4.78 is 1.06. The minimum atomic E-state index is 0.459. The molecule has 2 rings (SSSR count). The largest absolute Gasteiger partial charge is 0.356 e. The number of hydrogen-bond donors (Lipinski definition) is 1. The molecule has 0 aliphatic carbocycles. The summed E-state index contributed by atoms with van der Waals surface area (Å²) in [6, 6.07) is 2.69. The van der Waals surface area contributed by atoms with E-state index in [4.69, 9.17) is 4.98 Å². The average Bonchev–Trinajstić information content (AvgIpc) is 2.57. The highest BCUT2D eigenvalue weighted by Gasteiger charge is 2.24. The van der Waals surface area contributed by atoms with E-state index >= 15 is 0 Å². The Morgan fingerprint density at radius 2 is 2.10 bits per heavy atom. The fourth-order valence-electron chi connectivity index (χ4n) is 2.84. The Hall–Kier alpha value is -0.610. The second-order valence-electron chi connectivity index (χ2n) is 7.18. The molecule has 0 saturated carbocycles. The Morgan fingerprint density at radius 1 is 1.33 bits per heavy atom. The van der Waals surface area contributed by atoms with Crippen molar-refractivity contribution in [3.63, 3.8) is 0 Å². The maximum Gasteiger partial charge on any atom is 0.133 e. The maximum atomic E-state index is 4.71. The number of hydrogen-bond acceptors (Lipinski definition) is 3. The van der Waals surface area contributed by atoms with Crippen molar-refractivity contribution in [1.82, 2.24) is 10.3 Å². The van der Waals surface area contributed by atoms with Crippen LogP contribution < -0.4 is 10.2 Å². The van der Waals surface area contributed by atoms with Crippen molar-refractivity contribution in [3.8, 4) is 0 Å². The predicted octanol–water partition coefficient (Wildman–Crippen LogP) is 4.36. The summed E-state index contributed by atoms with van der Waals surface area (Å²) in [7, 11) is 0. The molecular formula is C17H28BrN3. The summed E-state index contributed by atoms with van der Waals surface area (Å²) in [6.07, 6.45) is 5.72. The Bertz CT molecular complexity index is 471. The third-order valence-corrected chi connectivity index (χ3v) is 4.68. The summed E-state index contributed by atoms with van der Waals surface area (Å²) in [4.78, 5) is 7.18. The molecule has 1 aliphatic rings. The van der Waals surface area contributed by atoms with Crippen LogP contribution in [0.4, 0.5) is 5.82 Å². The van der Waals surface area contributed by atoms with Crippen LogP contribution in [0.5, 0.6) is 0 Å². The molecule has 1 aromatic heterocycles. The lowest BCUT2D eigenvalue weighted by molar-refractivity contribution is 0.325. The number of anilines is 1. The van der Waals surface area contributed by atoms with Crippen molar-refractivity contribution in [2.45, 2.75) is 59.5 Å². The second-order valence-corrected chi connectivity index (χ2v) is 8.09. The van der Waals surface area contributed by atoms with Gasteiger partial charge >= 0.3 is 0 Å². The highest BCUT2D eigenvalue weighted by molar-refractivity contribution is 9.10. The summed E-state index contributed by atoms with van der Waals surface area (Å²) >= 11 is 3.55. The van der Waals surface area contributed by atoms with Gasteiger partial charge in [0, 0.05) is 41.9 Å². The van der Waals surface area contributed by atoms with Crippen molar-refractivity contribution >= 4 is 21.7 Å². The van der Waals surface area contributed by atoms with Gasteiger partial charge in [-0.3, -0.25) is 0 Å². The zero-order valence-electron chi connectivity index (χ0n) is 13.7. The molecule has 1 saturated heterocycles. The Labute approximate surface area is 137 Å². The molecule has 0 amide bonds. The van der Waals surface area contributed by atoms with Crippen LogP contribution >= 0.6 is 15.9 Å². The van der Waals surface area contributed by atoms with Gasteiger partial charge in [-0.25, -0.2) is 4.98 Å². The molecular weight excluding hydrogens is 326 g/mol. The van der Waals surface area contributed by atoms with Crippen LogP contribution in [-0.2, 0) is 6.54 Å². The molecule has 2 heterocycles. The van der Waals surface area contributed by atoms with E-state index in [2.05, 4.69) is 59.9 Å². The van der Waals surface area contributed by atoms with Gasteiger partial charge in [0.25, 0.3) is 0 Å². The molecule has 0 bridgehead atoms. The molecule has 118 valence electrons. The van der Waals surface area contributed by atoms with Crippen LogP contribution in [0.1, 0.15) is 52.5 Å². The summed E-state index contributed by atoms with van der Waals surface area (Å²) in [5.41, 5.74) is 1.75. The van der Waals surface area contributed by atoms with Crippen LogP contribution in [-0.4, -0.2) is 24.1 Å².